The zero-order chi connectivity index (χ0) is 13.8. The van der Waals surface area contributed by atoms with E-state index in [9.17, 15) is 14.9 Å². The molecule has 0 N–H and O–H groups in total. The summed E-state index contributed by atoms with van der Waals surface area (Å²) in [6, 6.07) is 6.84. The van der Waals surface area contributed by atoms with Crippen LogP contribution in [-0.4, -0.2) is 20.8 Å². The summed E-state index contributed by atoms with van der Waals surface area (Å²) >= 11 is 0. The quantitative estimate of drug-likeness (QED) is 0.598. The Labute approximate surface area is 106 Å². The third-order valence-electron chi connectivity index (χ3n) is 2.15. The summed E-state index contributed by atoms with van der Waals surface area (Å²) in [4.78, 5) is 21.5. The molecule has 0 amide bonds. The Kier molecular flexibility index (Phi) is 3.20. The maximum absolute atomic E-state index is 11.6. The lowest BCUT2D eigenvalue weighted by molar-refractivity contribution is -0.384. The van der Waals surface area contributed by atoms with Gasteiger partial charge in [-0.15, -0.1) is 0 Å². The van der Waals surface area contributed by atoms with Gasteiger partial charge in [-0.25, -0.2) is 4.79 Å². The van der Waals surface area contributed by atoms with Gasteiger partial charge in [-0.1, -0.05) is 0 Å². The minimum absolute atomic E-state index is 0.106. The molecule has 0 saturated heterocycles. The molecular weight excluding hydrogens is 252 g/mol. The number of carbonyl (C=O) groups excluding carboxylic acids is 1. The highest BCUT2D eigenvalue weighted by Gasteiger charge is 2.11. The van der Waals surface area contributed by atoms with Crippen molar-refractivity contribution in [1.29, 1.82) is 5.26 Å². The summed E-state index contributed by atoms with van der Waals surface area (Å²) in [7, 11) is 0. The van der Waals surface area contributed by atoms with Crippen molar-refractivity contribution in [1.82, 2.24) is 9.78 Å². The normalized spacial score (nSPS) is 9.63. The molecule has 0 saturated carbocycles. The van der Waals surface area contributed by atoms with Crippen LogP contribution in [0, 0.1) is 21.4 Å². The van der Waals surface area contributed by atoms with Crippen LogP contribution in [0.4, 0.5) is 10.5 Å². The van der Waals surface area contributed by atoms with E-state index < -0.39 is 11.0 Å². The minimum Gasteiger partial charge on any atom is -0.409 e. The van der Waals surface area contributed by atoms with Crippen LogP contribution >= 0.6 is 0 Å². The molecule has 94 valence electrons. The number of nitriles is 1. The molecule has 1 aromatic heterocycles. The van der Waals surface area contributed by atoms with Gasteiger partial charge < -0.3 is 4.74 Å². The molecular formula is C11H6N4O4. The number of carbonyl (C=O) groups is 1. The van der Waals surface area contributed by atoms with E-state index in [1.165, 1.54) is 36.7 Å². The Bertz CT molecular complexity index is 669. The first kappa shape index (κ1) is 12.3. The van der Waals surface area contributed by atoms with Gasteiger partial charge in [0, 0.05) is 12.1 Å². The van der Waals surface area contributed by atoms with E-state index in [1.54, 1.807) is 0 Å². The van der Waals surface area contributed by atoms with Gasteiger partial charge in [0.2, 0.25) is 0 Å². The van der Waals surface area contributed by atoms with E-state index in [1.807, 2.05) is 6.07 Å². The Hall–Kier alpha value is -3.21. The highest BCUT2D eigenvalue weighted by molar-refractivity contribution is 5.72. The zero-order valence-electron chi connectivity index (χ0n) is 9.39. The second kappa shape index (κ2) is 4.97. The number of rotatable bonds is 2. The standard InChI is InChI=1S/C11H6N4O4/c12-5-8-6-13-14(7-8)11(16)19-10-3-1-9(2-4-10)15(17)18/h1-4,6-7H. The van der Waals surface area contributed by atoms with Crippen molar-refractivity contribution in [3.8, 4) is 11.8 Å². The number of ether oxygens (including phenoxy) is 1. The van der Waals surface area contributed by atoms with E-state index in [0.29, 0.717) is 0 Å². The fraction of sp³-hybridized carbons (Fsp3) is 0. The van der Waals surface area contributed by atoms with Crippen molar-refractivity contribution < 1.29 is 14.5 Å². The minimum atomic E-state index is -0.810. The molecule has 0 spiro atoms. The van der Waals surface area contributed by atoms with E-state index >= 15 is 0 Å². The Morgan fingerprint density at radius 3 is 2.63 bits per heavy atom. The van der Waals surface area contributed by atoms with Crippen LogP contribution in [0.25, 0.3) is 0 Å². The Morgan fingerprint density at radius 2 is 2.11 bits per heavy atom. The molecule has 8 nitrogen and oxygen atoms in total. The van der Waals surface area contributed by atoms with Crippen LogP contribution in [0.2, 0.25) is 0 Å². The Morgan fingerprint density at radius 1 is 1.42 bits per heavy atom. The van der Waals surface area contributed by atoms with Gasteiger partial charge >= 0.3 is 6.09 Å². The molecule has 0 bridgehead atoms. The fourth-order valence-corrected chi connectivity index (χ4v) is 1.26. The molecule has 8 heteroatoms. The van der Waals surface area contributed by atoms with Gasteiger partial charge in [0.05, 0.1) is 22.9 Å². The highest BCUT2D eigenvalue weighted by atomic mass is 16.6. The van der Waals surface area contributed by atoms with Crippen LogP contribution in [0.5, 0.6) is 5.75 Å². The molecule has 0 atom stereocenters. The molecule has 1 aromatic carbocycles. The van der Waals surface area contributed by atoms with Crippen molar-refractivity contribution in [2.75, 3.05) is 0 Å². The van der Waals surface area contributed by atoms with Gasteiger partial charge in [-0.2, -0.15) is 15.0 Å². The number of hydrogen-bond donors (Lipinski definition) is 0. The number of aromatic nitrogens is 2. The summed E-state index contributed by atoms with van der Waals surface area (Å²) in [5, 5.41) is 22.7. The zero-order valence-corrected chi connectivity index (χ0v) is 9.39. The maximum Gasteiger partial charge on any atom is 0.440 e. The van der Waals surface area contributed by atoms with Gasteiger partial charge in [0.1, 0.15) is 11.8 Å². The molecule has 0 fully saturated rings. The molecule has 19 heavy (non-hydrogen) atoms. The summed E-state index contributed by atoms with van der Waals surface area (Å²) in [5.41, 5.74) is 0.117. The molecule has 0 aliphatic rings. The predicted molar refractivity (Wildman–Crippen MR) is 61.5 cm³/mol. The molecule has 0 aliphatic heterocycles. The summed E-state index contributed by atoms with van der Waals surface area (Å²) < 4.78 is 5.78. The summed E-state index contributed by atoms with van der Waals surface area (Å²) in [6.45, 7) is 0. The van der Waals surface area contributed by atoms with Crippen molar-refractivity contribution in [3.63, 3.8) is 0 Å². The first-order valence-corrected chi connectivity index (χ1v) is 5.01. The molecule has 2 rings (SSSR count). The third-order valence-corrected chi connectivity index (χ3v) is 2.15. The first-order valence-electron chi connectivity index (χ1n) is 5.01. The van der Waals surface area contributed by atoms with Gasteiger partial charge in [-0.05, 0) is 12.1 Å². The van der Waals surface area contributed by atoms with Crippen molar-refractivity contribution in [3.05, 3.63) is 52.3 Å². The first-order chi connectivity index (χ1) is 9.10. The number of nitro benzene ring substituents is 1. The van der Waals surface area contributed by atoms with Crippen LogP contribution < -0.4 is 4.74 Å². The van der Waals surface area contributed by atoms with E-state index in [4.69, 9.17) is 10.00 Å². The van der Waals surface area contributed by atoms with Crippen LogP contribution in [0.15, 0.2) is 36.7 Å². The van der Waals surface area contributed by atoms with Crippen molar-refractivity contribution >= 4 is 11.8 Å². The smallest absolute Gasteiger partial charge is 0.409 e. The molecule has 0 aliphatic carbocycles. The average molecular weight is 258 g/mol. The highest BCUT2D eigenvalue weighted by Crippen LogP contribution is 2.17. The van der Waals surface area contributed by atoms with Crippen LogP contribution in [0.3, 0.4) is 0 Å². The number of non-ortho nitro benzene ring substituents is 1. The fourth-order valence-electron chi connectivity index (χ4n) is 1.26. The Balaban J connectivity index is 2.10. The molecule has 0 unspecified atom stereocenters. The average Bonchev–Trinajstić information content (AvgIpc) is 2.88. The largest absolute Gasteiger partial charge is 0.440 e. The molecule has 0 radical (unpaired) electrons. The van der Waals surface area contributed by atoms with Gasteiger partial charge in [0.25, 0.3) is 5.69 Å². The summed E-state index contributed by atoms with van der Waals surface area (Å²) in [6.07, 6.45) is 1.63. The van der Waals surface area contributed by atoms with Crippen molar-refractivity contribution in [2.24, 2.45) is 0 Å². The lowest BCUT2D eigenvalue weighted by Gasteiger charge is -2.02. The predicted octanol–water partition coefficient (Wildman–Crippen LogP) is 1.71. The second-order valence-electron chi connectivity index (χ2n) is 3.40. The number of hydrogen-bond acceptors (Lipinski definition) is 6. The SMILES string of the molecule is N#Cc1cnn(C(=O)Oc2ccc([N+](=O)[O-])cc2)c1. The topological polar surface area (TPSA) is 111 Å². The van der Waals surface area contributed by atoms with E-state index in [0.717, 1.165) is 4.68 Å². The molecule has 2 aromatic rings. The number of benzene rings is 1. The van der Waals surface area contributed by atoms with Crippen molar-refractivity contribution in [2.45, 2.75) is 0 Å². The lowest BCUT2D eigenvalue weighted by Crippen LogP contribution is -2.17. The molecule has 1 heterocycles. The van der Waals surface area contributed by atoms with Crippen LogP contribution in [0.1, 0.15) is 5.56 Å². The van der Waals surface area contributed by atoms with Gasteiger partial charge in [0.15, 0.2) is 0 Å². The number of nitrogens with zero attached hydrogens (tertiary/aromatic N) is 4. The second-order valence-corrected chi connectivity index (χ2v) is 3.40. The number of nitro groups is 1. The lowest BCUT2D eigenvalue weighted by atomic mass is 10.3. The summed E-state index contributed by atoms with van der Waals surface area (Å²) in [5.74, 6) is 0.143. The monoisotopic (exact) mass is 258 g/mol. The van der Waals surface area contributed by atoms with E-state index in [2.05, 4.69) is 5.10 Å². The van der Waals surface area contributed by atoms with Crippen LogP contribution in [-0.2, 0) is 0 Å². The van der Waals surface area contributed by atoms with E-state index in [-0.39, 0.29) is 17.0 Å². The third kappa shape index (κ3) is 2.73. The maximum atomic E-state index is 11.6. The van der Waals surface area contributed by atoms with Gasteiger partial charge in [-0.3, -0.25) is 10.1 Å².